The molecule has 0 aliphatic carbocycles. The summed E-state index contributed by atoms with van der Waals surface area (Å²) in [5, 5.41) is 12.2. The number of esters is 1. The molecule has 2 N–H and O–H groups in total. The Labute approximate surface area is 178 Å². The third-order valence-corrected chi connectivity index (χ3v) is 5.66. The number of nitrogens with zero attached hydrogens (tertiary/aromatic N) is 4. The third-order valence-electron chi connectivity index (χ3n) is 5.66. The Kier molecular flexibility index (Phi) is 5.66. The standard InChI is InChI=1S/C21H22N6O4/c1-2-31-20(30)13-4-3-9-27(11-13)21-25-17-16(19(29)26-21)15(12-5-7-23-8-6-12)14(10-22)18(28)24-17/h5-8,13-15H,2-4,9,11H2,1H3,(H2,24,25,26,28,29). The molecule has 1 amide bonds. The van der Waals surface area contributed by atoms with Gasteiger partial charge in [-0.05, 0) is 37.5 Å². The molecule has 160 valence electrons. The monoisotopic (exact) mass is 422 g/mol. The normalized spacial score (nSPS) is 22.8. The number of nitriles is 1. The second-order valence-corrected chi connectivity index (χ2v) is 7.54. The van der Waals surface area contributed by atoms with Gasteiger partial charge in [0.15, 0.2) is 0 Å². The van der Waals surface area contributed by atoms with Crippen molar-refractivity contribution < 1.29 is 14.3 Å². The van der Waals surface area contributed by atoms with E-state index >= 15 is 0 Å². The van der Waals surface area contributed by atoms with Crippen LogP contribution in [0, 0.1) is 23.2 Å². The average molecular weight is 422 g/mol. The highest BCUT2D eigenvalue weighted by Gasteiger charge is 2.40. The van der Waals surface area contributed by atoms with Crippen LogP contribution in [0.3, 0.4) is 0 Å². The Hall–Kier alpha value is -3.74. The van der Waals surface area contributed by atoms with Crippen LogP contribution in [-0.2, 0) is 14.3 Å². The number of aromatic amines is 1. The van der Waals surface area contributed by atoms with E-state index in [1.807, 2.05) is 11.0 Å². The zero-order chi connectivity index (χ0) is 22.0. The third kappa shape index (κ3) is 3.86. The fourth-order valence-electron chi connectivity index (χ4n) is 4.20. The number of ether oxygens (including phenoxy) is 1. The highest BCUT2D eigenvalue weighted by Crippen LogP contribution is 2.38. The van der Waals surface area contributed by atoms with Gasteiger partial charge in [-0.1, -0.05) is 0 Å². The summed E-state index contributed by atoms with van der Waals surface area (Å²) >= 11 is 0. The van der Waals surface area contributed by atoms with Gasteiger partial charge in [-0.2, -0.15) is 10.2 Å². The summed E-state index contributed by atoms with van der Waals surface area (Å²) in [6.45, 7) is 3.05. The molecule has 1 fully saturated rings. The fraction of sp³-hybridized carbons (Fsp3) is 0.429. The lowest BCUT2D eigenvalue weighted by Gasteiger charge is -2.33. The van der Waals surface area contributed by atoms with Gasteiger partial charge in [0.05, 0.1) is 24.2 Å². The summed E-state index contributed by atoms with van der Waals surface area (Å²) in [4.78, 5) is 50.9. The number of aromatic nitrogens is 3. The number of nitrogens with one attached hydrogen (secondary N) is 2. The summed E-state index contributed by atoms with van der Waals surface area (Å²) < 4.78 is 5.13. The number of amides is 1. The molecule has 0 bridgehead atoms. The van der Waals surface area contributed by atoms with Crippen molar-refractivity contribution in [3.8, 4) is 6.07 Å². The molecule has 1 saturated heterocycles. The Bertz CT molecular complexity index is 1090. The topological polar surface area (TPSA) is 141 Å². The molecule has 31 heavy (non-hydrogen) atoms. The molecule has 4 heterocycles. The van der Waals surface area contributed by atoms with E-state index in [9.17, 15) is 19.6 Å². The minimum absolute atomic E-state index is 0.135. The van der Waals surface area contributed by atoms with Crippen molar-refractivity contribution in [2.75, 3.05) is 29.9 Å². The highest BCUT2D eigenvalue weighted by atomic mass is 16.5. The van der Waals surface area contributed by atoms with Crippen molar-refractivity contribution in [2.24, 2.45) is 11.8 Å². The molecule has 10 heteroatoms. The van der Waals surface area contributed by atoms with Crippen molar-refractivity contribution in [3.63, 3.8) is 0 Å². The van der Waals surface area contributed by atoms with Crippen LogP contribution in [0.1, 0.15) is 36.8 Å². The van der Waals surface area contributed by atoms with Gasteiger partial charge in [0.2, 0.25) is 11.9 Å². The van der Waals surface area contributed by atoms with E-state index in [0.717, 1.165) is 6.42 Å². The zero-order valence-corrected chi connectivity index (χ0v) is 17.0. The molecule has 0 saturated carbocycles. The quantitative estimate of drug-likeness (QED) is 0.700. The maximum atomic E-state index is 13.1. The number of pyridine rings is 1. The van der Waals surface area contributed by atoms with Crippen LogP contribution in [0.15, 0.2) is 29.3 Å². The van der Waals surface area contributed by atoms with Gasteiger partial charge in [0, 0.05) is 31.4 Å². The molecule has 0 aromatic carbocycles. The summed E-state index contributed by atoms with van der Waals surface area (Å²) in [6, 6.07) is 5.36. The second kappa shape index (κ2) is 8.55. The van der Waals surface area contributed by atoms with Crippen LogP contribution in [0.2, 0.25) is 0 Å². The molecule has 2 aromatic heterocycles. The number of carbonyl (C=O) groups excluding carboxylic acids is 2. The van der Waals surface area contributed by atoms with Gasteiger partial charge >= 0.3 is 5.97 Å². The summed E-state index contributed by atoms with van der Waals surface area (Å²) in [6.07, 6.45) is 4.55. The first kappa shape index (κ1) is 20.5. The average Bonchev–Trinajstić information content (AvgIpc) is 2.79. The number of H-pyrrole nitrogens is 1. The van der Waals surface area contributed by atoms with Gasteiger partial charge in [-0.15, -0.1) is 0 Å². The molecule has 2 aromatic rings. The lowest BCUT2D eigenvalue weighted by Crippen LogP contribution is -2.43. The molecular formula is C21H22N6O4. The number of piperidine rings is 1. The largest absolute Gasteiger partial charge is 0.466 e. The highest BCUT2D eigenvalue weighted by molar-refractivity contribution is 5.98. The van der Waals surface area contributed by atoms with Gasteiger partial charge < -0.3 is 15.0 Å². The lowest BCUT2D eigenvalue weighted by molar-refractivity contribution is -0.148. The second-order valence-electron chi connectivity index (χ2n) is 7.54. The molecule has 4 rings (SSSR count). The molecule has 2 aliphatic heterocycles. The first-order chi connectivity index (χ1) is 15.0. The predicted molar refractivity (Wildman–Crippen MR) is 110 cm³/mol. The molecule has 0 spiro atoms. The van der Waals surface area contributed by atoms with E-state index in [1.165, 1.54) is 0 Å². The first-order valence-corrected chi connectivity index (χ1v) is 10.2. The van der Waals surface area contributed by atoms with Crippen molar-refractivity contribution in [2.45, 2.75) is 25.7 Å². The van der Waals surface area contributed by atoms with Crippen molar-refractivity contribution in [1.82, 2.24) is 15.0 Å². The lowest BCUT2D eigenvalue weighted by atomic mass is 9.79. The van der Waals surface area contributed by atoms with Crippen LogP contribution < -0.4 is 15.8 Å². The number of rotatable bonds is 4. The van der Waals surface area contributed by atoms with Crippen LogP contribution >= 0.6 is 0 Å². The van der Waals surface area contributed by atoms with E-state index in [1.54, 1.807) is 31.5 Å². The predicted octanol–water partition coefficient (Wildman–Crippen LogP) is 1.17. The van der Waals surface area contributed by atoms with E-state index in [2.05, 4.69) is 20.3 Å². The smallest absolute Gasteiger partial charge is 0.310 e. The molecule has 0 radical (unpaired) electrons. The zero-order valence-electron chi connectivity index (χ0n) is 17.0. The Balaban J connectivity index is 1.72. The minimum Gasteiger partial charge on any atom is -0.466 e. The number of anilines is 2. The van der Waals surface area contributed by atoms with Crippen molar-refractivity contribution >= 4 is 23.6 Å². The number of hydrogen-bond donors (Lipinski definition) is 2. The van der Waals surface area contributed by atoms with E-state index in [0.29, 0.717) is 31.7 Å². The molecule has 2 aliphatic rings. The summed E-state index contributed by atoms with van der Waals surface area (Å²) in [7, 11) is 0. The van der Waals surface area contributed by atoms with Gasteiger partial charge in [-0.25, -0.2) is 0 Å². The maximum absolute atomic E-state index is 13.1. The SMILES string of the molecule is CCOC(=O)C1CCCN(c2nc3c(c(=O)[nH]2)C(c2ccncc2)C(C#N)C(=O)N3)C1. The first-order valence-electron chi connectivity index (χ1n) is 10.2. The number of hydrogen-bond acceptors (Lipinski definition) is 8. The fourth-order valence-corrected chi connectivity index (χ4v) is 4.20. The molecule has 3 unspecified atom stereocenters. The van der Waals surface area contributed by atoms with E-state index in [-0.39, 0.29) is 29.2 Å². The van der Waals surface area contributed by atoms with Crippen LogP contribution in [0.25, 0.3) is 0 Å². The Morgan fingerprint density at radius 3 is 2.84 bits per heavy atom. The van der Waals surface area contributed by atoms with Gasteiger partial charge in [0.1, 0.15) is 11.7 Å². The van der Waals surface area contributed by atoms with Crippen molar-refractivity contribution in [1.29, 1.82) is 5.26 Å². The Morgan fingerprint density at radius 2 is 2.13 bits per heavy atom. The minimum atomic E-state index is -1.06. The van der Waals surface area contributed by atoms with E-state index in [4.69, 9.17) is 4.74 Å². The number of carbonyl (C=O) groups is 2. The van der Waals surface area contributed by atoms with Crippen LogP contribution in [-0.4, -0.2) is 46.5 Å². The van der Waals surface area contributed by atoms with Gasteiger partial charge in [-0.3, -0.25) is 24.4 Å². The molecule has 3 atom stereocenters. The summed E-state index contributed by atoms with van der Waals surface area (Å²) in [5.41, 5.74) is 0.443. The Morgan fingerprint density at radius 1 is 1.35 bits per heavy atom. The van der Waals surface area contributed by atoms with Crippen LogP contribution in [0.5, 0.6) is 0 Å². The molecule has 10 nitrogen and oxygen atoms in total. The maximum Gasteiger partial charge on any atom is 0.310 e. The van der Waals surface area contributed by atoms with Crippen molar-refractivity contribution in [3.05, 3.63) is 46.0 Å². The molecular weight excluding hydrogens is 400 g/mol. The number of fused-ring (bicyclic) bond motifs is 1. The summed E-state index contributed by atoms with van der Waals surface area (Å²) in [5.74, 6) is -2.49. The van der Waals surface area contributed by atoms with Crippen LogP contribution in [0.4, 0.5) is 11.8 Å². The van der Waals surface area contributed by atoms with E-state index < -0.39 is 23.3 Å². The van der Waals surface area contributed by atoms with Gasteiger partial charge in [0.25, 0.3) is 5.56 Å².